The first-order valence-corrected chi connectivity index (χ1v) is 9.98. The molecule has 3 nitrogen and oxygen atoms in total. The Morgan fingerprint density at radius 2 is 2.08 bits per heavy atom. The largest absolute Gasteiger partial charge is 0.492 e. The van der Waals surface area contributed by atoms with Gasteiger partial charge in [0.2, 0.25) is 0 Å². The molecule has 1 saturated heterocycles. The third-order valence-electron chi connectivity index (χ3n) is 3.60. The molecule has 1 amide bonds. The number of rotatable bonds is 5. The number of benzene rings is 2. The molecule has 7 heteroatoms. The highest BCUT2D eigenvalue weighted by molar-refractivity contribution is 9.10. The molecule has 2 aromatic carbocycles. The Morgan fingerprint density at radius 1 is 1.31 bits per heavy atom. The molecule has 1 aliphatic rings. The van der Waals surface area contributed by atoms with Crippen LogP contribution >= 0.6 is 39.9 Å². The van der Waals surface area contributed by atoms with Gasteiger partial charge in [0, 0.05) is 0 Å². The average Bonchev–Trinajstić information content (AvgIpc) is 2.88. The van der Waals surface area contributed by atoms with Gasteiger partial charge in [-0.2, -0.15) is 0 Å². The fourth-order valence-corrected chi connectivity index (χ4v) is 4.19. The summed E-state index contributed by atoms with van der Waals surface area (Å²) in [5, 5.41) is 0. The number of anilines is 1. The molecule has 0 bridgehead atoms. The second kappa shape index (κ2) is 8.33. The van der Waals surface area contributed by atoms with Crippen LogP contribution in [-0.4, -0.2) is 16.8 Å². The van der Waals surface area contributed by atoms with Crippen molar-refractivity contribution in [1.29, 1.82) is 0 Å². The number of ether oxygens (including phenoxy) is 1. The first kappa shape index (κ1) is 19.1. The summed E-state index contributed by atoms with van der Waals surface area (Å²) in [7, 11) is 0. The fraction of sp³-hybridized carbons (Fsp3) is 0.158. The SMILES string of the molecule is CCCOc1ccc(/C=C2/SC(=S)N(c3ccccc3F)C2=O)cc1Br. The molecule has 0 aromatic heterocycles. The molecule has 0 spiro atoms. The number of nitrogens with zero attached hydrogens (tertiary/aromatic N) is 1. The third-order valence-corrected chi connectivity index (χ3v) is 5.52. The van der Waals surface area contributed by atoms with Crippen LogP contribution in [0.25, 0.3) is 6.08 Å². The maximum atomic E-state index is 14.0. The van der Waals surface area contributed by atoms with Crippen molar-refractivity contribution in [1.82, 2.24) is 0 Å². The number of thiocarbonyl (C=S) groups is 1. The van der Waals surface area contributed by atoms with Gasteiger partial charge in [0.25, 0.3) is 5.91 Å². The van der Waals surface area contributed by atoms with Gasteiger partial charge in [-0.05, 0) is 58.3 Å². The maximum Gasteiger partial charge on any atom is 0.270 e. The number of thioether (sulfide) groups is 1. The molecule has 0 saturated carbocycles. The number of para-hydroxylation sites is 1. The lowest BCUT2D eigenvalue weighted by Gasteiger charge is -2.14. The smallest absolute Gasteiger partial charge is 0.270 e. The minimum Gasteiger partial charge on any atom is -0.492 e. The molecule has 0 aliphatic carbocycles. The normalized spacial score (nSPS) is 15.8. The molecule has 0 radical (unpaired) electrons. The zero-order valence-corrected chi connectivity index (χ0v) is 17.1. The summed E-state index contributed by atoms with van der Waals surface area (Å²) in [4.78, 5) is 14.4. The molecule has 0 atom stereocenters. The van der Waals surface area contributed by atoms with Crippen molar-refractivity contribution in [2.45, 2.75) is 13.3 Å². The summed E-state index contributed by atoms with van der Waals surface area (Å²) in [5.41, 5.74) is 0.998. The topological polar surface area (TPSA) is 29.5 Å². The average molecular weight is 452 g/mol. The van der Waals surface area contributed by atoms with E-state index in [1.807, 2.05) is 25.1 Å². The fourth-order valence-electron chi connectivity index (χ4n) is 2.40. The minimum absolute atomic E-state index is 0.169. The van der Waals surface area contributed by atoms with Crippen molar-refractivity contribution in [3.8, 4) is 5.75 Å². The summed E-state index contributed by atoms with van der Waals surface area (Å²) in [6.45, 7) is 2.68. The van der Waals surface area contributed by atoms with E-state index in [2.05, 4.69) is 15.9 Å². The van der Waals surface area contributed by atoms with Crippen molar-refractivity contribution in [2.24, 2.45) is 0 Å². The Kier molecular flexibility index (Phi) is 6.11. The van der Waals surface area contributed by atoms with Crippen LogP contribution in [0.3, 0.4) is 0 Å². The van der Waals surface area contributed by atoms with Crippen LogP contribution in [0.4, 0.5) is 10.1 Å². The zero-order valence-electron chi connectivity index (χ0n) is 13.9. The van der Waals surface area contributed by atoms with E-state index < -0.39 is 5.82 Å². The lowest BCUT2D eigenvalue weighted by atomic mass is 10.2. The van der Waals surface area contributed by atoms with Crippen molar-refractivity contribution >= 4 is 61.9 Å². The summed E-state index contributed by atoms with van der Waals surface area (Å²) >= 11 is 9.92. The van der Waals surface area contributed by atoms with E-state index in [1.54, 1.807) is 24.3 Å². The maximum absolute atomic E-state index is 14.0. The second-order valence-corrected chi connectivity index (χ2v) is 8.04. The Morgan fingerprint density at radius 3 is 2.77 bits per heavy atom. The Hall–Kier alpha value is -1.70. The highest BCUT2D eigenvalue weighted by atomic mass is 79.9. The van der Waals surface area contributed by atoms with E-state index in [9.17, 15) is 9.18 Å². The van der Waals surface area contributed by atoms with Gasteiger partial charge in [-0.25, -0.2) is 4.39 Å². The van der Waals surface area contributed by atoms with Crippen LogP contribution in [0, 0.1) is 5.82 Å². The first-order chi connectivity index (χ1) is 12.5. The summed E-state index contributed by atoms with van der Waals surface area (Å²) in [5.74, 6) is -0.0549. The predicted molar refractivity (Wildman–Crippen MR) is 112 cm³/mol. The molecule has 3 rings (SSSR count). The molecule has 2 aromatic rings. The quantitative estimate of drug-likeness (QED) is 0.425. The lowest BCUT2D eigenvalue weighted by molar-refractivity contribution is -0.113. The van der Waals surface area contributed by atoms with Gasteiger partial charge in [-0.15, -0.1) is 0 Å². The van der Waals surface area contributed by atoms with E-state index in [4.69, 9.17) is 17.0 Å². The molecular weight excluding hydrogens is 437 g/mol. The Labute approximate surface area is 169 Å². The van der Waals surface area contributed by atoms with Crippen molar-refractivity contribution in [3.05, 3.63) is 63.2 Å². The van der Waals surface area contributed by atoms with Crippen LogP contribution < -0.4 is 9.64 Å². The molecule has 26 heavy (non-hydrogen) atoms. The van der Waals surface area contributed by atoms with E-state index in [1.165, 1.54) is 11.0 Å². The predicted octanol–water partition coefficient (Wildman–Crippen LogP) is 5.78. The molecule has 0 unspecified atom stereocenters. The van der Waals surface area contributed by atoms with E-state index >= 15 is 0 Å². The molecular formula is C19H15BrFNO2S2. The van der Waals surface area contributed by atoms with Gasteiger partial charge in [0.05, 0.1) is 21.7 Å². The summed E-state index contributed by atoms with van der Waals surface area (Å²) in [6.07, 6.45) is 2.67. The highest BCUT2D eigenvalue weighted by Gasteiger charge is 2.34. The standard InChI is InChI=1S/C19H15BrFNO2S2/c1-2-9-24-16-8-7-12(10-13(16)20)11-17-18(23)22(19(25)26-17)15-6-4-3-5-14(15)21/h3-8,10-11H,2,9H2,1H3/b17-11+. The van der Waals surface area contributed by atoms with Crippen LogP contribution in [-0.2, 0) is 4.79 Å². The third kappa shape index (κ3) is 4.00. The van der Waals surface area contributed by atoms with Gasteiger partial charge in [0.15, 0.2) is 4.32 Å². The number of carbonyl (C=O) groups is 1. The van der Waals surface area contributed by atoms with Crippen LogP contribution in [0.2, 0.25) is 0 Å². The zero-order chi connectivity index (χ0) is 18.7. The summed E-state index contributed by atoms with van der Waals surface area (Å²) < 4.78 is 20.8. The Balaban J connectivity index is 1.86. The monoisotopic (exact) mass is 451 g/mol. The summed E-state index contributed by atoms with van der Waals surface area (Å²) in [6, 6.07) is 11.7. The van der Waals surface area contributed by atoms with Crippen molar-refractivity contribution < 1.29 is 13.9 Å². The molecule has 134 valence electrons. The van der Waals surface area contributed by atoms with Crippen LogP contribution in [0.15, 0.2) is 51.8 Å². The second-order valence-electron chi connectivity index (χ2n) is 5.51. The number of hydrogen-bond donors (Lipinski definition) is 0. The van der Waals surface area contributed by atoms with Crippen LogP contribution in [0.1, 0.15) is 18.9 Å². The molecule has 1 fully saturated rings. The van der Waals surface area contributed by atoms with Gasteiger partial charge in [-0.3, -0.25) is 9.69 Å². The van der Waals surface area contributed by atoms with E-state index in [0.29, 0.717) is 15.8 Å². The van der Waals surface area contributed by atoms with Gasteiger partial charge >= 0.3 is 0 Å². The van der Waals surface area contributed by atoms with E-state index in [0.717, 1.165) is 34.0 Å². The van der Waals surface area contributed by atoms with Crippen molar-refractivity contribution in [3.63, 3.8) is 0 Å². The van der Waals surface area contributed by atoms with Gasteiger partial charge in [0.1, 0.15) is 11.6 Å². The number of hydrogen-bond acceptors (Lipinski definition) is 4. The lowest BCUT2D eigenvalue weighted by Crippen LogP contribution is -2.28. The van der Waals surface area contributed by atoms with Crippen molar-refractivity contribution in [2.75, 3.05) is 11.5 Å². The van der Waals surface area contributed by atoms with Gasteiger partial charge in [-0.1, -0.05) is 49.1 Å². The Bertz CT molecular complexity index is 901. The minimum atomic E-state index is -0.481. The number of carbonyl (C=O) groups excluding carboxylic acids is 1. The van der Waals surface area contributed by atoms with E-state index in [-0.39, 0.29) is 11.6 Å². The molecule has 0 N–H and O–H groups in total. The highest BCUT2D eigenvalue weighted by Crippen LogP contribution is 2.37. The molecule has 1 heterocycles. The first-order valence-electron chi connectivity index (χ1n) is 7.96. The molecule has 1 aliphatic heterocycles. The van der Waals surface area contributed by atoms with Crippen LogP contribution in [0.5, 0.6) is 5.75 Å². The number of amides is 1. The van der Waals surface area contributed by atoms with Gasteiger partial charge < -0.3 is 4.74 Å². The number of halogens is 2.